The second-order valence-corrected chi connectivity index (χ2v) is 9.59. The van der Waals surface area contributed by atoms with E-state index in [0.29, 0.717) is 23.0 Å². The number of thiophene rings is 1. The first kappa shape index (κ1) is 22.6. The lowest BCUT2D eigenvalue weighted by Gasteiger charge is -2.28. The first-order valence-electron chi connectivity index (χ1n) is 11.5. The number of fused-ring (bicyclic) bond motifs is 1. The lowest BCUT2D eigenvalue weighted by molar-refractivity contribution is 0.0941. The van der Waals surface area contributed by atoms with E-state index in [9.17, 15) is 4.79 Å². The molecule has 34 heavy (non-hydrogen) atoms. The number of nitrogens with one attached hydrogen (secondary N) is 1. The number of ether oxygens (including phenoxy) is 1. The zero-order valence-electron chi connectivity index (χ0n) is 19.6. The van der Waals surface area contributed by atoms with E-state index in [4.69, 9.17) is 9.15 Å². The molecule has 0 spiro atoms. The number of carbonyl (C=O) groups is 1. The van der Waals surface area contributed by atoms with Gasteiger partial charge in [-0.05, 0) is 75.2 Å². The number of hydrogen-bond acceptors (Lipinski definition) is 7. The minimum Gasteiger partial charge on any atom is -0.497 e. The monoisotopic (exact) mass is 476 g/mol. The van der Waals surface area contributed by atoms with Crippen LogP contribution >= 0.6 is 11.3 Å². The molecule has 1 aliphatic rings. The van der Waals surface area contributed by atoms with Crippen LogP contribution in [0, 0.1) is 13.8 Å². The molecule has 0 saturated carbocycles. The van der Waals surface area contributed by atoms with Crippen LogP contribution in [0.5, 0.6) is 5.75 Å². The van der Waals surface area contributed by atoms with E-state index >= 15 is 0 Å². The second kappa shape index (κ2) is 9.56. The second-order valence-electron chi connectivity index (χ2n) is 8.59. The lowest BCUT2D eigenvalue weighted by Crippen LogP contribution is -2.36. The van der Waals surface area contributed by atoms with Gasteiger partial charge in [-0.1, -0.05) is 12.1 Å². The number of nitrogens with zero attached hydrogens (tertiary/aromatic N) is 3. The zero-order valence-corrected chi connectivity index (χ0v) is 20.4. The van der Waals surface area contributed by atoms with Crippen LogP contribution in [0.4, 0.5) is 0 Å². The minimum absolute atomic E-state index is 0.0773. The first-order chi connectivity index (χ1) is 16.5. The van der Waals surface area contributed by atoms with Crippen molar-refractivity contribution in [1.29, 1.82) is 0 Å². The third-order valence-electron chi connectivity index (χ3n) is 6.43. The Morgan fingerprint density at radius 2 is 2.03 bits per heavy atom. The van der Waals surface area contributed by atoms with Crippen LogP contribution in [0.25, 0.3) is 21.8 Å². The highest BCUT2D eigenvalue weighted by Crippen LogP contribution is 2.33. The summed E-state index contributed by atoms with van der Waals surface area (Å²) in [5, 5.41) is 4.14. The molecular weight excluding hydrogens is 448 g/mol. The Morgan fingerprint density at radius 3 is 2.76 bits per heavy atom. The number of carbonyl (C=O) groups excluding carboxylic acids is 1. The number of likely N-dealkylation sites (tertiary alicyclic amines) is 1. The molecule has 7 nitrogen and oxygen atoms in total. The van der Waals surface area contributed by atoms with Gasteiger partial charge in [-0.3, -0.25) is 9.69 Å². The van der Waals surface area contributed by atoms with Crippen molar-refractivity contribution in [3.63, 3.8) is 0 Å². The van der Waals surface area contributed by atoms with Crippen LogP contribution in [-0.4, -0.2) is 47.5 Å². The summed E-state index contributed by atoms with van der Waals surface area (Å²) in [6.07, 6.45) is 3.97. The lowest BCUT2D eigenvalue weighted by atomic mass is 10.0. The van der Waals surface area contributed by atoms with Gasteiger partial charge in [0.15, 0.2) is 11.6 Å². The third kappa shape index (κ3) is 4.31. The van der Waals surface area contributed by atoms with Crippen LogP contribution < -0.4 is 10.1 Å². The zero-order chi connectivity index (χ0) is 23.7. The fraction of sp³-hybridized carbons (Fsp3) is 0.346. The molecule has 3 aromatic heterocycles. The van der Waals surface area contributed by atoms with Gasteiger partial charge < -0.3 is 14.5 Å². The van der Waals surface area contributed by atoms with E-state index in [1.54, 1.807) is 13.4 Å². The molecule has 5 rings (SSSR count). The number of aromatic nitrogens is 2. The number of methoxy groups -OCH3 is 1. The Bertz CT molecular complexity index is 1310. The molecule has 8 heteroatoms. The molecule has 4 heterocycles. The number of aryl methyl sites for hydroxylation is 2. The van der Waals surface area contributed by atoms with Gasteiger partial charge in [0.1, 0.15) is 10.6 Å². The topological polar surface area (TPSA) is 80.5 Å². The van der Waals surface area contributed by atoms with Gasteiger partial charge >= 0.3 is 0 Å². The summed E-state index contributed by atoms with van der Waals surface area (Å²) in [5.41, 5.74) is 2.91. The van der Waals surface area contributed by atoms with Crippen molar-refractivity contribution in [2.75, 3.05) is 26.7 Å². The first-order valence-corrected chi connectivity index (χ1v) is 12.3. The summed E-state index contributed by atoms with van der Waals surface area (Å²) in [7, 11) is 1.68. The molecular formula is C26H28N4O3S. The minimum atomic E-state index is -0.0773. The van der Waals surface area contributed by atoms with Crippen molar-refractivity contribution in [1.82, 2.24) is 20.2 Å². The third-order valence-corrected chi connectivity index (χ3v) is 7.62. The molecule has 1 saturated heterocycles. The molecule has 0 aliphatic carbocycles. The molecule has 1 aliphatic heterocycles. The number of amides is 1. The molecule has 0 unspecified atom stereocenters. The number of benzene rings is 1. The molecule has 1 fully saturated rings. The summed E-state index contributed by atoms with van der Waals surface area (Å²) in [6, 6.07) is 11.9. The average Bonchev–Trinajstić information content (AvgIpc) is 3.61. The van der Waals surface area contributed by atoms with Crippen molar-refractivity contribution >= 4 is 27.5 Å². The molecule has 1 aromatic carbocycles. The van der Waals surface area contributed by atoms with E-state index in [0.717, 1.165) is 45.9 Å². The van der Waals surface area contributed by atoms with Crippen LogP contribution in [-0.2, 0) is 0 Å². The van der Waals surface area contributed by atoms with E-state index in [1.807, 2.05) is 38.1 Å². The Hall–Kier alpha value is -3.23. The van der Waals surface area contributed by atoms with Gasteiger partial charge in [0.25, 0.3) is 5.91 Å². The average molecular weight is 477 g/mol. The number of hydrogen-bond donors (Lipinski definition) is 1. The van der Waals surface area contributed by atoms with Gasteiger partial charge in [-0.25, -0.2) is 9.97 Å². The summed E-state index contributed by atoms with van der Waals surface area (Å²) in [4.78, 5) is 26.5. The smallest absolute Gasteiger partial charge is 0.261 e. The number of rotatable bonds is 7. The van der Waals surface area contributed by atoms with Gasteiger partial charge in [0.05, 0.1) is 30.0 Å². The van der Waals surface area contributed by atoms with E-state index in [2.05, 4.69) is 32.3 Å². The van der Waals surface area contributed by atoms with Crippen molar-refractivity contribution in [3.8, 4) is 17.3 Å². The molecule has 1 amide bonds. The Balaban J connectivity index is 1.40. The highest BCUT2D eigenvalue weighted by molar-refractivity contribution is 7.20. The van der Waals surface area contributed by atoms with Gasteiger partial charge in [-0.2, -0.15) is 0 Å². The Kier molecular flexibility index (Phi) is 6.34. The van der Waals surface area contributed by atoms with Crippen LogP contribution in [0.3, 0.4) is 0 Å². The predicted molar refractivity (Wildman–Crippen MR) is 133 cm³/mol. The van der Waals surface area contributed by atoms with Crippen LogP contribution in [0.15, 0.2) is 47.1 Å². The molecule has 0 bridgehead atoms. The van der Waals surface area contributed by atoms with Crippen LogP contribution in [0.2, 0.25) is 0 Å². The van der Waals surface area contributed by atoms with Gasteiger partial charge in [-0.15, -0.1) is 11.3 Å². The van der Waals surface area contributed by atoms with E-state index < -0.39 is 0 Å². The molecule has 1 atom stereocenters. The SMILES string of the molecule is COc1cccc([C@H](CNC(=O)c2sc3nc(-c4ccco4)nc(C)c3c2C)N2CCCC2)c1. The van der Waals surface area contributed by atoms with Gasteiger partial charge in [0.2, 0.25) is 0 Å². The fourth-order valence-electron chi connectivity index (χ4n) is 4.70. The molecule has 176 valence electrons. The Labute approximate surface area is 202 Å². The summed E-state index contributed by atoms with van der Waals surface area (Å²) in [5.74, 6) is 1.91. The van der Waals surface area contributed by atoms with Crippen molar-refractivity contribution in [2.24, 2.45) is 0 Å². The molecule has 1 N–H and O–H groups in total. The maximum absolute atomic E-state index is 13.3. The Morgan fingerprint density at radius 1 is 1.21 bits per heavy atom. The largest absolute Gasteiger partial charge is 0.497 e. The highest BCUT2D eigenvalue weighted by Gasteiger charge is 2.26. The summed E-state index contributed by atoms with van der Waals surface area (Å²) in [6.45, 7) is 6.51. The fourth-order valence-corrected chi connectivity index (χ4v) is 5.85. The standard InChI is InChI=1S/C26H28N4O3S/c1-16-22-17(2)28-24(21-10-7-13-33-21)29-26(22)34-23(16)25(31)27-15-20(30-11-4-5-12-30)18-8-6-9-19(14-18)32-3/h6-10,13-14,20H,4-5,11-12,15H2,1-3H3,(H,27,31)/t20-/m0/s1. The molecule has 0 radical (unpaired) electrons. The summed E-state index contributed by atoms with van der Waals surface area (Å²) >= 11 is 1.40. The predicted octanol–water partition coefficient (Wildman–Crippen LogP) is 5.14. The van der Waals surface area contributed by atoms with E-state index in [1.165, 1.54) is 24.2 Å². The summed E-state index contributed by atoms with van der Waals surface area (Å²) < 4.78 is 10.9. The maximum Gasteiger partial charge on any atom is 0.261 e. The van der Waals surface area contributed by atoms with E-state index in [-0.39, 0.29) is 11.9 Å². The normalized spacial score (nSPS) is 15.0. The highest BCUT2D eigenvalue weighted by atomic mass is 32.1. The van der Waals surface area contributed by atoms with Crippen molar-refractivity contribution < 1.29 is 13.9 Å². The van der Waals surface area contributed by atoms with Gasteiger partial charge in [0, 0.05) is 11.9 Å². The quantitative estimate of drug-likeness (QED) is 0.398. The number of furan rings is 1. The maximum atomic E-state index is 13.3. The molecule has 4 aromatic rings. The van der Waals surface area contributed by atoms with Crippen molar-refractivity contribution in [3.05, 3.63) is 64.4 Å². The van der Waals surface area contributed by atoms with Crippen LogP contribution in [0.1, 0.15) is 45.4 Å². The van der Waals surface area contributed by atoms with Crippen molar-refractivity contribution in [2.45, 2.75) is 32.7 Å².